The first-order valence-corrected chi connectivity index (χ1v) is 5.43. The molecule has 0 saturated heterocycles. The van der Waals surface area contributed by atoms with Gasteiger partial charge >= 0.3 is 0 Å². The van der Waals surface area contributed by atoms with Crippen LogP contribution < -0.4 is 10.1 Å². The van der Waals surface area contributed by atoms with Gasteiger partial charge in [-0.3, -0.25) is 0 Å². The summed E-state index contributed by atoms with van der Waals surface area (Å²) in [5.41, 5.74) is 1.99. The number of rotatable bonds is 3. The van der Waals surface area contributed by atoms with Gasteiger partial charge in [-0.2, -0.15) is 0 Å². The highest BCUT2D eigenvalue weighted by Gasteiger charge is 2.10. The molecule has 0 bridgehead atoms. The Morgan fingerprint density at radius 1 is 1.47 bits per heavy atom. The summed E-state index contributed by atoms with van der Waals surface area (Å²) in [6, 6.07) is 3.88. The Morgan fingerprint density at radius 3 is 2.93 bits per heavy atom. The Hall–Kier alpha value is -1.00. The second kappa shape index (κ2) is 4.24. The summed E-state index contributed by atoms with van der Waals surface area (Å²) in [6.07, 6.45) is 1.77. The summed E-state index contributed by atoms with van der Waals surface area (Å²) in [4.78, 5) is 0. The third-order valence-corrected chi connectivity index (χ3v) is 2.87. The molecule has 15 heavy (non-hydrogen) atoms. The lowest BCUT2D eigenvalue weighted by Gasteiger charge is -2.02. The number of furan rings is 1. The van der Waals surface area contributed by atoms with Gasteiger partial charge < -0.3 is 14.5 Å². The molecule has 0 amide bonds. The van der Waals surface area contributed by atoms with Gasteiger partial charge in [0.1, 0.15) is 11.3 Å². The van der Waals surface area contributed by atoms with Gasteiger partial charge in [0.2, 0.25) is 0 Å². The third kappa shape index (κ3) is 1.87. The monoisotopic (exact) mass is 269 g/mol. The van der Waals surface area contributed by atoms with E-state index >= 15 is 0 Å². The van der Waals surface area contributed by atoms with Crippen LogP contribution in [0.25, 0.3) is 11.0 Å². The van der Waals surface area contributed by atoms with Crippen molar-refractivity contribution in [1.29, 1.82) is 0 Å². The first-order chi connectivity index (χ1) is 7.26. The second-order valence-corrected chi connectivity index (χ2v) is 4.13. The Balaban J connectivity index is 2.61. The van der Waals surface area contributed by atoms with Crippen LogP contribution in [0.1, 0.15) is 5.56 Å². The molecule has 2 aromatic rings. The van der Waals surface area contributed by atoms with E-state index in [1.807, 2.05) is 19.2 Å². The standard InChI is InChI=1S/C11H12BrNO2/c1-13-5-7-6-15-11-9(7)3-8(14-2)4-10(11)12/h3-4,6,13H,5H2,1-2H3. The van der Waals surface area contributed by atoms with E-state index in [0.29, 0.717) is 0 Å². The van der Waals surface area contributed by atoms with Crippen LogP contribution in [0.5, 0.6) is 5.75 Å². The summed E-state index contributed by atoms with van der Waals surface area (Å²) in [6.45, 7) is 0.784. The van der Waals surface area contributed by atoms with Crippen LogP contribution in [-0.4, -0.2) is 14.2 Å². The van der Waals surface area contributed by atoms with Gasteiger partial charge in [0.25, 0.3) is 0 Å². The fraction of sp³-hybridized carbons (Fsp3) is 0.273. The van der Waals surface area contributed by atoms with Gasteiger partial charge in [-0.25, -0.2) is 0 Å². The van der Waals surface area contributed by atoms with Crippen LogP contribution in [0.4, 0.5) is 0 Å². The van der Waals surface area contributed by atoms with Crippen molar-refractivity contribution in [1.82, 2.24) is 5.32 Å². The minimum absolute atomic E-state index is 0.784. The molecule has 0 aliphatic carbocycles. The molecule has 0 aliphatic heterocycles. The number of benzene rings is 1. The Labute approximate surface area is 96.5 Å². The van der Waals surface area contributed by atoms with Crippen LogP contribution in [-0.2, 0) is 6.54 Å². The summed E-state index contributed by atoms with van der Waals surface area (Å²) in [7, 11) is 3.57. The van der Waals surface area contributed by atoms with Gasteiger partial charge in [-0.05, 0) is 35.1 Å². The van der Waals surface area contributed by atoms with Gasteiger partial charge in [0, 0.05) is 17.5 Å². The lowest BCUT2D eigenvalue weighted by atomic mass is 10.1. The first kappa shape index (κ1) is 10.5. The van der Waals surface area contributed by atoms with Crippen LogP contribution in [0.2, 0.25) is 0 Å². The maximum atomic E-state index is 5.49. The van der Waals surface area contributed by atoms with Crippen molar-refractivity contribution < 1.29 is 9.15 Å². The van der Waals surface area contributed by atoms with Gasteiger partial charge in [-0.1, -0.05) is 0 Å². The van der Waals surface area contributed by atoms with E-state index < -0.39 is 0 Å². The minimum atomic E-state index is 0.784. The lowest BCUT2D eigenvalue weighted by molar-refractivity contribution is 0.415. The highest BCUT2D eigenvalue weighted by molar-refractivity contribution is 9.10. The van der Waals surface area contributed by atoms with E-state index in [-0.39, 0.29) is 0 Å². The molecule has 3 nitrogen and oxygen atoms in total. The van der Waals surface area contributed by atoms with Crippen LogP contribution in [0.3, 0.4) is 0 Å². The van der Waals surface area contributed by atoms with Gasteiger partial charge in [-0.15, -0.1) is 0 Å². The molecule has 1 N–H and O–H groups in total. The van der Waals surface area contributed by atoms with Crippen molar-refractivity contribution in [3.05, 3.63) is 28.4 Å². The van der Waals surface area contributed by atoms with E-state index in [1.165, 1.54) is 0 Å². The molecule has 0 spiro atoms. The number of hydrogen-bond donors (Lipinski definition) is 1. The SMILES string of the molecule is CNCc1coc2c(Br)cc(OC)cc12. The third-order valence-electron chi connectivity index (χ3n) is 2.29. The first-order valence-electron chi connectivity index (χ1n) is 4.64. The molecule has 0 radical (unpaired) electrons. The minimum Gasteiger partial charge on any atom is -0.497 e. The number of methoxy groups -OCH3 is 1. The Bertz CT molecular complexity index is 479. The lowest BCUT2D eigenvalue weighted by Crippen LogP contribution is -2.03. The van der Waals surface area contributed by atoms with Gasteiger partial charge in [0.15, 0.2) is 0 Å². The van der Waals surface area contributed by atoms with Crippen molar-refractivity contribution >= 4 is 26.9 Å². The van der Waals surface area contributed by atoms with E-state index in [2.05, 4.69) is 21.2 Å². The van der Waals surface area contributed by atoms with Crippen molar-refractivity contribution in [2.45, 2.75) is 6.54 Å². The Morgan fingerprint density at radius 2 is 2.27 bits per heavy atom. The molecular weight excluding hydrogens is 258 g/mol. The fourth-order valence-corrected chi connectivity index (χ4v) is 2.10. The smallest absolute Gasteiger partial charge is 0.148 e. The maximum Gasteiger partial charge on any atom is 0.148 e. The molecular formula is C11H12BrNO2. The van der Waals surface area contributed by atoms with Crippen molar-refractivity contribution in [2.24, 2.45) is 0 Å². The molecule has 0 atom stereocenters. The molecule has 1 heterocycles. The number of fused-ring (bicyclic) bond motifs is 1. The predicted octanol–water partition coefficient (Wildman–Crippen LogP) is 2.92. The molecule has 0 aliphatic rings. The molecule has 0 saturated carbocycles. The zero-order chi connectivity index (χ0) is 10.8. The number of ether oxygens (including phenoxy) is 1. The molecule has 4 heteroatoms. The molecule has 2 rings (SSSR count). The summed E-state index contributed by atoms with van der Waals surface area (Å²) < 4.78 is 11.6. The second-order valence-electron chi connectivity index (χ2n) is 3.28. The van der Waals surface area contributed by atoms with Crippen molar-refractivity contribution in [3.8, 4) is 5.75 Å². The number of nitrogens with one attached hydrogen (secondary N) is 1. The van der Waals surface area contributed by atoms with Crippen LogP contribution >= 0.6 is 15.9 Å². The molecule has 0 unspecified atom stereocenters. The summed E-state index contributed by atoms with van der Waals surface area (Å²) >= 11 is 3.46. The van der Waals surface area contributed by atoms with E-state index in [1.54, 1.807) is 13.4 Å². The number of hydrogen-bond acceptors (Lipinski definition) is 3. The predicted molar refractivity (Wildman–Crippen MR) is 63.2 cm³/mol. The van der Waals surface area contributed by atoms with Crippen molar-refractivity contribution in [2.75, 3.05) is 14.2 Å². The topological polar surface area (TPSA) is 34.4 Å². The summed E-state index contributed by atoms with van der Waals surface area (Å²) in [5, 5.41) is 4.18. The number of halogens is 1. The molecule has 1 aromatic heterocycles. The quantitative estimate of drug-likeness (QED) is 0.931. The normalized spacial score (nSPS) is 10.9. The maximum absolute atomic E-state index is 5.49. The van der Waals surface area contributed by atoms with E-state index in [4.69, 9.17) is 9.15 Å². The molecule has 0 fully saturated rings. The zero-order valence-electron chi connectivity index (χ0n) is 8.63. The largest absolute Gasteiger partial charge is 0.497 e. The average Bonchev–Trinajstić information content (AvgIpc) is 2.63. The van der Waals surface area contributed by atoms with Crippen LogP contribution in [0, 0.1) is 0 Å². The zero-order valence-corrected chi connectivity index (χ0v) is 10.2. The highest BCUT2D eigenvalue weighted by atomic mass is 79.9. The molecule has 1 aromatic carbocycles. The average molecular weight is 270 g/mol. The van der Waals surface area contributed by atoms with Crippen LogP contribution in [0.15, 0.2) is 27.3 Å². The van der Waals surface area contributed by atoms with Crippen molar-refractivity contribution in [3.63, 3.8) is 0 Å². The van der Waals surface area contributed by atoms with Gasteiger partial charge in [0.05, 0.1) is 17.8 Å². The molecule has 80 valence electrons. The summed E-state index contributed by atoms with van der Waals surface area (Å²) in [5.74, 6) is 0.827. The highest BCUT2D eigenvalue weighted by Crippen LogP contribution is 2.32. The fourth-order valence-electron chi connectivity index (χ4n) is 1.57. The van der Waals surface area contributed by atoms with E-state index in [9.17, 15) is 0 Å². The van der Waals surface area contributed by atoms with E-state index in [0.717, 1.165) is 33.3 Å². The Kier molecular flexibility index (Phi) is 2.98.